The molecule has 2 amide bonds. The molecule has 0 saturated carbocycles. The van der Waals surface area contributed by atoms with Crippen molar-refractivity contribution in [3.05, 3.63) is 36.0 Å². The van der Waals surface area contributed by atoms with Gasteiger partial charge in [0.2, 0.25) is 0 Å². The van der Waals surface area contributed by atoms with Gasteiger partial charge in [-0.25, -0.2) is 9.59 Å². The average molecular weight is 430 g/mol. The van der Waals surface area contributed by atoms with Crippen LogP contribution in [0.25, 0.3) is 10.9 Å². The number of para-hydroxylation sites is 1. The van der Waals surface area contributed by atoms with Crippen LogP contribution in [-0.4, -0.2) is 59.4 Å². The van der Waals surface area contributed by atoms with Gasteiger partial charge < -0.3 is 14.8 Å². The van der Waals surface area contributed by atoms with Crippen molar-refractivity contribution in [2.45, 2.75) is 58.1 Å². The van der Waals surface area contributed by atoms with E-state index in [0.717, 1.165) is 22.9 Å². The number of nitrogens with one attached hydrogen (secondary N) is 1. The summed E-state index contributed by atoms with van der Waals surface area (Å²) in [4.78, 5) is 38.8. The monoisotopic (exact) mass is 429 g/mol. The molecular formula is C23H31N3O5. The van der Waals surface area contributed by atoms with Crippen molar-refractivity contribution >= 4 is 29.0 Å². The van der Waals surface area contributed by atoms with Crippen LogP contribution >= 0.6 is 0 Å². The predicted octanol–water partition coefficient (Wildman–Crippen LogP) is 3.97. The maximum atomic E-state index is 13.5. The molecule has 1 fully saturated rings. The Morgan fingerprint density at radius 1 is 1.19 bits per heavy atom. The fourth-order valence-corrected chi connectivity index (χ4v) is 3.90. The van der Waals surface area contributed by atoms with Crippen LogP contribution in [0.4, 0.5) is 9.59 Å². The molecule has 1 aromatic carbocycles. The van der Waals surface area contributed by atoms with Crippen molar-refractivity contribution in [2.75, 3.05) is 20.2 Å². The van der Waals surface area contributed by atoms with Crippen LogP contribution < -0.4 is 5.32 Å². The van der Waals surface area contributed by atoms with Crippen molar-refractivity contribution in [2.24, 2.45) is 0 Å². The lowest BCUT2D eigenvalue weighted by molar-refractivity contribution is 0.0211. The van der Waals surface area contributed by atoms with Gasteiger partial charge in [0.1, 0.15) is 11.6 Å². The highest BCUT2D eigenvalue weighted by Gasteiger charge is 2.37. The SMILES string of the molecule is COC(=O)NCCCc1cn(C(=O)C2CCCN2C(=O)OC(C)(C)C)c2ccccc12. The highest BCUT2D eigenvalue weighted by Crippen LogP contribution is 2.27. The first kappa shape index (κ1) is 22.7. The Bertz CT molecular complexity index is 960. The number of hydrogen-bond donors (Lipinski definition) is 1. The van der Waals surface area contributed by atoms with Gasteiger partial charge in [-0.05, 0) is 58.1 Å². The zero-order valence-electron chi connectivity index (χ0n) is 18.6. The third-order valence-electron chi connectivity index (χ3n) is 5.28. The van der Waals surface area contributed by atoms with E-state index >= 15 is 0 Å². The molecule has 1 aliphatic rings. The molecule has 3 rings (SSSR count). The Morgan fingerprint density at radius 3 is 2.65 bits per heavy atom. The maximum Gasteiger partial charge on any atom is 0.410 e. The minimum atomic E-state index is -0.612. The molecular weight excluding hydrogens is 398 g/mol. The number of benzene rings is 1. The van der Waals surface area contributed by atoms with Crippen molar-refractivity contribution in [3.63, 3.8) is 0 Å². The second-order valence-corrected chi connectivity index (χ2v) is 8.73. The molecule has 0 aliphatic carbocycles. The fourth-order valence-electron chi connectivity index (χ4n) is 3.90. The number of amides is 2. The molecule has 1 aromatic heterocycles. The summed E-state index contributed by atoms with van der Waals surface area (Å²) in [5.74, 6) is -0.126. The molecule has 2 heterocycles. The number of hydrogen-bond acceptors (Lipinski definition) is 5. The summed E-state index contributed by atoms with van der Waals surface area (Å²) in [7, 11) is 1.33. The van der Waals surface area contributed by atoms with Crippen molar-refractivity contribution < 1.29 is 23.9 Å². The number of likely N-dealkylation sites (tertiary alicyclic amines) is 1. The first-order chi connectivity index (χ1) is 14.7. The Morgan fingerprint density at radius 2 is 1.94 bits per heavy atom. The van der Waals surface area contributed by atoms with E-state index < -0.39 is 23.8 Å². The summed E-state index contributed by atoms with van der Waals surface area (Å²) in [6.07, 6.45) is 3.74. The summed E-state index contributed by atoms with van der Waals surface area (Å²) in [5, 5.41) is 3.66. The number of rotatable bonds is 5. The number of aryl methyl sites for hydroxylation is 1. The van der Waals surface area contributed by atoms with Gasteiger partial charge in [-0.15, -0.1) is 0 Å². The lowest BCUT2D eigenvalue weighted by atomic mass is 10.1. The van der Waals surface area contributed by atoms with Gasteiger partial charge >= 0.3 is 12.2 Å². The van der Waals surface area contributed by atoms with Gasteiger partial charge in [0.15, 0.2) is 0 Å². The van der Waals surface area contributed by atoms with Gasteiger partial charge in [-0.2, -0.15) is 0 Å². The number of nitrogens with zero attached hydrogens (tertiary/aromatic N) is 2. The van der Waals surface area contributed by atoms with Crippen LogP contribution in [0.2, 0.25) is 0 Å². The van der Waals surface area contributed by atoms with E-state index in [1.807, 2.05) is 51.2 Å². The van der Waals surface area contributed by atoms with Crippen LogP contribution in [0.15, 0.2) is 30.5 Å². The summed E-state index contributed by atoms with van der Waals surface area (Å²) >= 11 is 0. The summed E-state index contributed by atoms with van der Waals surface area (Å²) < 4.78 is 11.7. The molecule has 31 heavy (non-hydrogen) atoms. The minimum Gasteiger partial charge on any atom is -0.453 e. The number of carbonyl (C=O) groups is 3. The molecule has 2 aromatic rings. The quantitative estimate of drug-likeness (QED) is 0.727. The topological polar surface area (TPSA) is 89.9 Å². The molecule has 8 heteroatoms. The lowest BCUT2D eigenvalue weighted by Crippen LogP contribution is -2.44. The average Bonchev–Trinajstić information content (AvgIpc) is 3.35. The van der Waals surface area contributed by atoms with E-state index in [-0.39, 0.29) is 5.91 Å². The third kappa shape index (κ3) is 5.37. The zero-order chi connectivity index (χ0) is 22.6. The van der Waals surface area contributed by atoms with Crippen LogP contribution in [0.5, 0.6) is 0 Å². The first-order valence-electron chi connectivity index (χ1n) is 10.7. The second kappa shape index (κ2) is 9.41. The standard InChI is InChI=1S/C23H31N3O5/c1-23(2,3)31-22(29)25-14-8-12-19(25)20(27)26-15-16(9-7-13-24-21(28)30-4)17-10-5-6-11-18(17)26/h5-6,10-11,15,19H,7-9,12-14H2,1-4H3,(H,24,28). The van der Waals surface area contributed by atoms with Crippen molar-refractivity contribution in [1.82, 2.24) is 14.8 Å². The number of carbonyl (C=O) groups excluding carboxylic acids is 3. The molecule has 1 saturated heterocycles. The van der Waals surface area contributed by atoms with Crippen molar-refractivity contribution in [1.29, 1.82) is 0 Å². The Kier molecular flexibility index (Phi) is 6.87. The zero-order valence-corrected chi connectivity index (χ0v) is 18.6. The molecule has 8 nitrogen and oxygen atoms in total. The van der Waals surface area contributed by atoms with E-state index in [2.05, 4.69) is 10.1 Å². The highest BCUT2D eigenvalue weighted by atomic mass is 16.6. The van der Waals surface area contributed by atoms with Crippen molar-refractivity contribution in [3.8, 4) is 0 Å². The number of aromatic nitrogens is 1. The van der Waals surface area contributed by atoms with E-state index in [9.17, 15) is 14.4 Å². The van der Waals surface area contributed by atoms with E-state index in [4.69, 9.17) is 4.74 Å². The molecule has 0 bridgehead atoms. The third-order valence-corrected chi connectivity index (χ3v) is 5.28. The summed E-state index contributed by atoms with van der Waals surface area (Å²) in [6, 6.07) is 7.20. The van der Waals surface area contributed by atoms with Gasteiger partial charge in [0.25, 0.3) is 5.91 Å². The fraction of sp³-hybridized carbons (Fsp3) is 0.522. The van der Waals surface area contributed by atoms with Gasteiger partial charge in [0, 0.05) is 24.7 Å². The largest absolute Gasteiger partial charge is 0.453 e. The van der Waals surface area contributed by atoms with Crippen LogP contribution in [-0.2, 0) is 15.9 Å². The van der Waals surface area contributed by atoms with Gasteiger partial charge in [-0.3, -0.25) is 14.3 Å². The summed E-state index contributed by atoms with van der Waals surface area (Å²) in [6.45, 7) is 6.45. The normalized spacial score (nSPS) is 16.4. The van der Waals surface area contributed by atoms with E-state index in [0.29, 0.717) is 32.4 Å². The van der Waals surface area contributed by atoms with Crippen LogP contribution in [0.1, 0.15) is 50.4 Å². The molecule has 0 spiro atoms. The Labute approximate surface area is 182 Å². The smallest absolute Gasteiger partial charge is 0.410 e. The molecule has 1 N–H and O–H groups in total. The molecule has 1 unspecified atom stereocenters. The van der Waals surface area contributed by atoms with E-state index in [1.54, 1.807) is 9.47 Å². The number of ether oxygens (including phenoxy) is 2. The van der Waals surface area contributed by atoms with Gasteiger partial charge in [-0.1, -0.05) is 18.2 Å². The molecule has 0 radical (unpaired) electrons. The first-order valence-corrected chi connectivity index (χ1v) is 10.7. The predicted molar refractivity (Wildman–Crippen MR) is 117 cm³/mol. The number of alkyl carbamates (subject to hydrolysis) is 1. The van der Waals surface area contributed by atoms with E-state index in [1.165, 1.54) is 7.11 Å². The van der Waals surface area contributed by atoms with Crippen LogP contribution in [0, 0.1) is 0 Å². The molecule has 1 atom stereocenters. The number of fused-ring (bicyclic) bond motifs is 1. The Balaban J connectivity index is 1.79. The highest BCUT2D eigenvalue weighted by molar-refractivity contribution is 5.98. The lowest BCUT2D eigenvalue weighted by Gasteiger charge is -2.28. The molecule has 1 aliphatic heterocycles. The van der Waals surface area contributed by atoms with Crippen LogP contribution in [0.3, 0.4) is 0 Å². The molecule has 168 valence electrons. The summed E-state index contributed by atoms with van der Waals surface area (Å²) in [5.41, 5.74) is 1.23. The second-order valence-electron chi connectivity index (χ2n) is 8.73. The Hall–Kier alpha value is -3.03. The number of methoxy groups -OCH3 is 1. The maximum absolute atomic E-state index is 13.5. The minimum absolute atomic E-state index is 0.126. The van der Waals surface area contributed by atoms with Gasteiger partial charge in [0.05, 0.1) is 12.6 Å².